The minimum Gasteiger partial charge on any atom is -0.497 e. The fourth-order valence-electron chi connectivity index (χ4n) is 5.05. The summed E-state index contributed by atoms with van der Waals surface area (Å²) in [5, 5.41) is 15.1. The molecule has 1 aliphatic heterocycles. The quantitative estimate of drug-likeness (QED) is 0.255. The number of hydrogen-bond donors (Lipinski definition) is 2. The second kappa shape index (κ2) is 9.19. The largest absolute Gasteiger partial charge is 0.497 e. The van der Waals surface area contributed by atoms with E-state index < -0.39 is 10.0 Å². The van der Waals surface area contributed by atoms with E-state index in [1.165, 1.54) is 26.4 Å². The van der Waals surface area contributed by atoms with Gasteiger partial charge in [0.2, 0.25) is 0 Å². The molecule has 9 nitrogen and oxygen atoms in total. The van der Waals surface area contributed by atoms with Gasteiger partial charge in [0.1, 0.15) is 11.5 Å². The van der Waals surface area contributed by atoms with Gasteiger partial charge in [0.15, 0.2) is 0 Å². The SMILES string of the molecule is COc1ccc(NS(=O)(=O)c2ccc3c(c2)[C@H]2C=CC[C@H]2[C@@H](c2ccccc2[N+](=O)[O-])N3)c(OC)c1. The van der Waals surface area contributed by atoms with E-state index in [9.17, 15) is 18.5 Å². The van der Waals surface area contributed by atoms with Crippen LogP contribution in [0.2, 0.25) is 0 Å². The van der Waals surface area contributed by atoms with Crippen molar-refractivity contribution in [1.82, 2.24) is 0 Å². The number of methoxy groups -OCH3 is 2. The Labute approximate surface area is 209 Å². The van der Waals surface area contributed by atoms with Gasteiger partial charge in [-0.3, -0.25) is 14.8 Å². The molecule has 0 amide bonds. The molecule has 0 bridgehead atoms. The Morgan fingerprint density at radius 2 is 1.83 bits per heavy atom. The number of nitrogens with zero attached hydrogens (tertiary/aromatic N) is 1. The Morgan fingerprint density at radius 1 is 1.03 bits per heavy atom. The molecule has 5 rings (SSSR count). The number of ether oxygens (including phenoxy) is 2. The lowest BCUT2D eigenvalue weighted by Gasteiger charge is -2.37. The third kappa shape index (κ3) is 4.13. The van der Waals surface area contributed by atoms with Crippen LogP contribution in [0.5, 0.6) is 11.5 Å². The van der Waals surface area contributed by atoms with Gasteiger partial charge in [-0.1, -0.05) is 30.4 Å². The van der Waals surface area contributed by atoms with Gasteiger partial charge in [-0.15, -0.1) is 0 Å². The van der Waals surface area contributed by atoms with Crippen LogP contribution in [-0.2, 0) is 10.0 Å². The van der Waals surface area contributed by atoms with Crippen molar-refractivity contribution in [3.05, 3.63) is 94.1 Å². The smallest absolute Gasteiger partial charge is 0.274 e. The van der Waals surface area contributed by atoms with Crippen molar-refractivity contribution in [2.24, 2.45) is 5.92 Å². The number of para-hydroxylation sites is 1. The summed E-state index contributed by atoms with van der Waals surface area (Å²) in [5.41, 5.74) is 2.59. The Hall–Kier alpha value is -4.05. The number of allylic oxidation sites excluding steroid dienone is 2. The van der Waals surface area contributed by atoms with Gasteiger partial charge in [0.25, 0.3) is 15.7 Å². The maximum absolute atomic E-state index is 13.3. The molecular formula is C26H25N3O6S. The van der Waals surface area contributed by atoms with Crippen molar-refractivity contribution in [2.75, 3.05) is 24.3 Å². The van der Waals surface area contributed by atoms with E-state index in [1.54, 1.807) is 48.5 Å². The summed E-state index contributed by atoms with van der Waals surface area (Å²) in [4.78, 5) is 11.4. The number of nitrogens with one attached hydrogen (secondary N) is 2. The zero-order chi connectivity index (χ0) is 25.4. The molecule has 3 atom stereocenters. The van der Waals surface area contributed by atoms with Crippen LogP contribution in [0.4, 0.5) is 17.1 Å². The van der Waals surface area contributed by atoms with Crippen LogP contribution in [0.25, 0.3) is 0 Å². The summed E-state index contributed by atoms with van der Waals surface area (Å²) < 4.78 is 39.7. The van der Waals surface area contributed by atoms with Gasteiger partial charge < -0.3 is 14.8 Å². The highest BCUT2D eigenvalue weighted by atomic mass is 32.2. The molecule has 0 unspecified atom stereocenters. The third-order valence-electron chi connectivity index (χ3n) is 6.77. The average Bonchev–Trinajstić information content (AvgIpc) is 3.38. The van der Waals surface area contributed by atoms with Crippen molar-refractivity contribution in [2.45, 2.75) is 23.3 Å². The van der Waals surface area contributed by atoms with E-state index in [1.807, 2.05) is 0 Å². The molecule has 0 radical (unpaired) electrons. The van der Waals surface area contributed by atoms with E-state index in [4.69, 9.17) is 9.47 Å². The normalized spacial score (nSPS) is 20.1. The highest BCUT2D eigenvalue weighted by molar-refractivity contribution is 7.92. The summed E-state index contributed by atoms with van der Waals surface area (Å²) in [7, 11) is -0.949. The summed E-state index contributed by atoms with van der Waals surface area (Å²) in [6, 6.07) is 16.2. The van der Waals surface area contributed by atoms with Crippen molar-refractivity contribution in [3.63, 3.8) is 0 Å². The first-order valence-corrected chi connectivity index (χ1v) is 12.9. The van der Waals surface area contributed by atoms with Crippen LogP contribution < -0.4 is 19.5 Å². The molecule has 186 valence electrons. The van der Waals surface area contributed by atoms with Crippen LogP contribution >= 0.6 is 0 Å². The van der Waals surface area contributed by atoms with Crippen molar-refractivity contribution in [1.29, 1.82) is 0 Å². The Morgan fingerprint density at radius 3 is 2.58 bits per heavy atom. The molecule has 0 fully saturated rings. The predicted octanol–water partition coefficient (Wildman–Crippen LogP) is 5.24. The highest BCUT2D eigenvalue weighted by Gasteiger charge is 2.40. The number of nitro benzene ring substituents is 1. The zero-order valence-corrected chi connectivity index (χ0v) is 20.5. The van der Waals surface area contributed by atoms with Crippen LogP contribution in [0, 0.1) is 16.0 Å². The fraction of sp³-hybridized carbons (Fsp3) is 0.231. The Bertz CT molecular complexity index is 1470. The molecule has 0 aromatic heterocycles. The standard InChI is InChI=1S/C26H25N3O6S/c1-34-16-10-12-23(25(14-16)35-2)28-36(32,33)17-11-13-22-21(15-17)18-7-5-8-19(18)26(27-22)20-6-3-4-9-24(20)29(30)31/h3-7,9-15,18-19,26-28H,8H2,1-2H3/t18-,19+,26-/m0/s1. The van der Waals surface area contributed by atoms with Crippen LogP contribution in [0.15, 0.2) is 77.7 Å². The van der Waals surface area contributed by atoms with Crippen molar-refractivity contribution in [3.8, 4) is 11.5 Å². The summed E-state index contributed by atoms with van der Waals surface area (Å²) in [6.45, 7) is 0. The fourth-order valence-corrected chi connectivity index (χ4v) is 6.16. The molecule has 1 heterocycles. The molecule has 0 saturated carbocycles. The number of rotatable bonds is 7. The molecule has 10 heteroatoms. The Balaban J connectivity index is 1.50. The van der Waals surface area contributed by atoms with Crippen molar-refractivity contribution >= 4 is 27.1 Å². The lowest BCUT2D eigenvalue weighted by Crippen LogP contribution is -2.30. The van der Waals surface area contributed by atoms with Crippen LogP contribution in [0.1, 0.15) is 29.5 Å². The number of anilines is 2. The third-order valence-corrected chi connectivity index (χ3v) is 8.13. The predicted molar refractivity (Wildman–Crippen MR) is 136 cm³/mol. The van der Waals surface area contributed by atoms with E-state index >= 15 is 0 Å². The number of benzene rings is 3. The molecular weight excluding hydrogens is 482 g/mol. The van der Waals surface area contributed by atoms with Gasteiger partial charge in [-0.25, -0.2) is 8.42 Å². The van der Waals surface area contributed by atoms with Gasteiger partial charge in [0, 0.05) is 23.7 Å². The van der Waals surface area contributed by atoms with Gasteiger partial charge in [-0.05, 0) is 48.2 Å². The van der Waals surface area contributed by atoms with Gasteiger partial charge in [0.05, 0.1) is 41.3 Å². The molecule has 1 aliphatic carbocycles. The number of sulfonamides is 1. The van der Waals surface area contributed by atoms with Gasteiger partial charge in [-0.2, -0.15) is 0 Å². The zero-order valence-electron chi connectivity index (χ0n) is 19.7. The molecule has 2 N–H and O–H groups in total. The average molecular weight is 508 g/mol. The maximum Gasteiger partial charge on any atom is 0.274 e. The summed E-state index contributed by atoms with van der Waals surface area (Å²) >= 11 is 0. The second-order valence-corrected chi connectivity index (χ2v) is 10.4. The van der Waals surface area contributed by atoms with E-state index in [0.717, 1.165) is 17.7 Å². The van der Waals surface area contributed by atoms with Crippen molar-refractivity contribution < 1.29 is 22.8 Å². The number of nitro groups is 1. The van der Waals surface area contributed by atoms with E-state index in [0.29, 0.717) is 22.7 Å². The molecule has 3 aromatic carbocycles. The first kappa shape index (κ1) is 23.7. The van der Waals surface area contributed by atoms with Crippen LogP contribution in [-0.4, -0.2) is 27.6 Å². The first-order valence-electron chi connectivity index (χ1n) is 11.4. The first-order chi connectivity index (χ1) is 17.3. The number of hydrogen-bond acceptors (Lipinski definition) is 7. The number of fused-ring (bicyclic) bond motifs is 3. The summed E-state index contributed by atoms with van der Waals surface area (Å²) in [5.74, 6) is 0.827. The van der Waals surface area contributed by atoms with E-state index in [2.05, 4.69) is 22.2 Å². The van der Waals surface area contributed by atoms with Gasteiger partial charge >= 0.3 is 0 Å². The molecule has 2 aliphatic rings. The lowest BCUT2D eigenvalue weighted by atomic mass is 9.76. The lowest BCUT2D eigenvalue weighted by molar-refractivity contribution is -0.385. The minimum absolute atomic E-state index is 0.0196. The molecule has 0 saturated heterocycles. The maximum atomic E-state index is 13.3. The highest BCUT2D eigenvalue weighted by Crippen LogP contribution is 2.51. The van der Waals surface area contributed by atoms with E-state index in [-0.39, 0.29) is 33.4 Å². The molecule has 36 heavy (non-hydrogen) atoms. The Kier molecular flexibility index (Phi) is 6.05. The van der Waals surface area contributed by atoms with Crippen LogP contribution in [0.3, 0.4) is 0 Å². The minimum atomic E-state index is -3.92. The topological polar surface area (TPSA) is 120 Å². The second-order valence-electron chi connectivity index (χ2n) is 8.71. The molecule has 0 spiro atoms. The molecule has 3 aromatic rings. The monoisotopic (exact) mass is 507 g/mol. The summed E-state index contributed by atoms with van der Waals surface area (Å²) in [6.07, 6.45) is 4.84.